The normalized spacial score (nSPS) is 13.4. The second-order valence-electron chi connectivity index (χ2n) is 8.84. The Morgan fingerprint density at radius 3 is 2.08 bits per heavy atom. The molecule has 1 aliphatic heterocycles. The van der Waals surface area contributed by atoms with Gasteiger partial charge < -0.3 is 24.2 Å². The maximum absolute atomic E-state index is 13.6. The van der Waals surface area contributed by atoms with Gasteiger partial charge in [-0.1, -0.05) is 23.7 Å². The number of benzene rings is 2. The minimum absolute atomic E-state index is 0.0344. The molecule has 0 unspecified atom stereocenters. The fraction of sp³-hybridized carbons (Fsp3) is 0.214. The van der Waals surface area contributed by atoms with Crippen molar-refractivity contribution in [3.05, 3.63) is 78.1 Å². The molecule has 38 heavy (non-hydrogen) atoms. The molecule has 0 bridgehead atoms. The number of rotatable bonds is 6. The lowest BCUT2D eigenvalue weighted by molar-refractivity contribution is -0.133. The van der Waals surface area contributed by atoms with E-state index in [4.69, 9.17) is 21.3 Å². The first-order valence-corrected chi connectivity index (χ1v) is 12.5. The van der Waals surface area contributed by atoms with Gasteiger partial charge in [0.2, 0.25) is 5.91 Å². The SMILES string of the molecule is COc1ccc(-c2nc(-c3ccc(Cl)cc3)c(-c3ccncc3)n2CC(=O)N2CCN(C(=O)O)CC2)cc1. The van der Waals surface area contributed by atoms with Crippen LogP contribution in [-0.4, -0.2) is 74.7 Å². The zero-order chi connectivity index (χ0) is 26.6. The Hall–Kier alpha value is -4.37. The van der Waals surface area contributed by atoms with Gasteiger partial charge in [-0.15, -0.1) is 0 Å². The van der Waals surface area contributed by atoms with Gasteiger partial charge in [0.1, 0.15) is 18.1 Å². The van der Waals surface area contributed by atoms with E-state index in [1.165, 1.54) is 4.90 Å². The number of ether oxygens (including phenoxy) is 1. The molecule has 2 amide bonds. The van der Waals surface area contributed by atoms with Crippen LogP contribution in [0, 0.1) is 0 Å². The van der Waals surface area contributed by atoms with Gasteiger partial charge in [0, 0.05) is 60.3 Å². The fourth-order valence-corrected chi connectivity index (χ4v) is 4.69. The Morgan fingerprint density at radius 2 is 1.47 bits per heavy atom. The van der Waals surface area contributed by atoms with E-state index in [1.807, 2.05) is 65.2 Å². The Kier molecular flexibility index (Phi) is 7.28. The molecule has 2 aromatic heterocycles. The van der Waals surface area contributed by atoms with Gasteiger partial charge in [-0.05, 0) is 48.5 Å². The number of carbonyl (C=O) groups is 2. The number of hydrogen-bond donors (Lipinski definition) is 1. The van der Waals surface area contributed by atoms with Gasteiger partial charge in [0.05, 0.1) is 18.5 Å². The Labute approximate surface area is 224 Å². The van der Waals surface area contributed by atoms with Crippen LogP contribution in [0.2, 0.25) is 5.02 Å². The van der Waals surface area contributed by atoms with Crippen molar-refractivity contribution in [1.82, 2.24) is 24.3 Å². The average Bonchev–Trinajstić information content (AvgIpc) is 3.32. The highest BCUT2D eigenvalue weighted by molar-refractivity contribution is 6.30. The standard InChI is InChI=1S/C28H26ClN5O4/c1-38-23-8-4-21(5-9-23)27-31-25(19-2-6-22(29)7-3-19)26(20-10-12-30-13-11-20)34(27)18-24(35)32-14-16-33(17-15-32)28(36)37/h2-13H,14-18H2,1H3,(H,36,37). The van der Waals surface area contributed by atoms with Crippen LogP contribution in [0.5, 0.6) is 5.75 Å². The first kappa shape index (κ1) is 25.3. The van der Waals surface area contributed by atoms with E-state index >= 15 is 0 Å². The first-order valence-electron chi connectivity index (χ1n) is 12.1. The number of aromatic nitrogens is 3. The minimum atomic E-state index is -0.971. The van der Waals surface area contributed by atoms with Gasteiger partial charge in [-0.3, -0.25) is 9.78 Å². The monoisotopic (exact) mass is 531 g/mol. The Bertz CT molecular complexity index is 1430. The summed E-state index contributed by atoms with van der Waals surface area (Å²) in [4.78, 5) is 37.1. The summed E-state index contributed by atoms with van der Waals surface area (Å²) in [6.45, 7) is 1.28. The van der Waals surface area contributed by atoms with E-state index in [0.29, 0.717) is 35.4 Å². The maximum atomic E-state index is 13.6. The zero-order valence-electron chi connectivity index (χ0n) is 20.7. The molecule has 0 radical (unpaired) electrons. The number of imidazole rings is 1. The van der Waals surface area contributed by atoms with Crippen molar-refractivity contribution < 1.29 is 19.4 Å². The topological polar surface area (TPSA) is 101 Å². The van der Waals surface area contributed by atoms with Gasteiger partial charge in [0.15, 0.2) is 0 Å². The number of nitrogens with zero attached hydrogens (tertiary/aromatic N) is 5. The number of halogens is 1. The highest BCUT2D eigenvalue weighted by Gasteiger charge is 2.27. The first-order chi connectivity index (χ1) is 18.4. The molecule has 5 rings (SSSR count). The fourth-order valence-electron chi connectivity index (χ4n) is 4.56. The van der Waals surface area contributed by atoms with Crippen molar-refractivity contribution in [2.45, 2.75) is 6.54 Å². The van der Waals surface area contributed by atoms with E-state index in [0.717, 1.165) is 22.4 Å². The summed E-state index contributed by atoms with van der Waals surface area (Å²) in [5.41, 5.74) is 4.03. The number of piperazine rings is 1. The van der Waals surface area contributed by atoms with E-state index < -0.39 is 6.09 Å². The quantitative estimate of drug-likeness (QED) is 0.385. The predicted octanol–water partition coefficient (Wildman–Crippen LogP) is 4.76. The van der Waals surface area contributed by atoms with Gasteiger partial charge in [0.25, 0.3) is 0 Å². The molecule has 1 saturated heterocycles. The van der Waals surface area contributed by atoms with Crippen LogP contribution >= 0.6 is 11.6 Å². The van der Waals surface area contributed by atoms with E-state index in [9.17, 15) is 14.7 Å². The smallest absolute Gasteiger partial charge is 0.407 e. The van der Waals surface area contributed by atoms with Crippen LogP contribution in [0.15, 0.2) is 73.1 Å². The van der Waals surface area contributed by atoms with E-state index in [1.54, 1.807) is 24.4 Å². The summed E-state index contributed by atoms with van der Waals surface area (Å²) in [7, 11) is 1.61. The summed E-state index contributed by atoms with van der Waals surface area (Å²) in [5, 5.41) is 9.89. The molecule has 2 aromatic carbocycles. The largest absolute Gasteiger partial charge is 0.497 e. The van der Waals surface area contributed by atoms with Crippen LogP contribution in [0.3, 0.4) is 0 Å². The zero-order valence-corrected chi connectivity index (χ0v) is 21.5. The van der Waals surface area contributed by atoms with Crippen molar-refractivity contribution in [2.24, 2.45) is 0 Å². The number of pyridine rings is 1. The molecule has 3 heterocycles. The lowest BCUT2D eigenvalue weighted by atomic mass is 10.1. The average molecular weight is 532 g/mol. The Morgan fingerprint density at radius 1 is 0.868 bits per heavy atom. The number of methoxy groups -OCH3 is 1. The molecule has 0 spiro atoms. The van der Waals surface area contributed by atoms with Crippen LogP contribution in [0.4, 0.5) is 4.79 Å². The van der Waals surface area contributed by atoms with Crippen LogP contribution < -0.4 is 4.74 Å². The van der Waals surface area contributed by atoms with Crippen LogP contribution in [0.1, 0.15) is 0 Å². The van der Waals surface area contributed by atoms with Crippen LogP contribution in [-0.2, 0) is 11.3 Å². The molecule has 1 aliphatic rings. The summed E-state index contributed by atoms with van der Waals surface area (Å²) in [6, 6.07) is 18.8. The van der Waals surface area contributed by atoms with Crippen molar-refractivity contribution >= 4 is 23.6 Å². The second kappa shape index (κ2) is 10.9. The number of amides is 2. The third kappa shape index (κ3) is 5.19. The van der Waals surface area contributed by atoms with Gasteiger partial charge in [-0.2, -0.15) is 0 Å². The molecule has 9 nitrogen and oxygen atoms in total. The lowest BCUT2D eigenvalue weighted by Gasteiger charge is -2.33. The number of hydrogen-bond acceptors (Lipinski definition) is 5. The van der Waals surface area contributed by atoms with Crippen molar-refractivity contribution in [3.8, 4) is 39.7 Å². The Balaban J connectivity index is 1.62. The van der Waals surface area contributed by atoms with Crippen molar-refractivity contribution in [2.75, 3.05) is 33.3 Å². The lowest BCUT2D eigenvalue weighted by Crippen LogP contribution is -2.51. The third-order valence-electron chi connectivity index (χ3n) is 6.58. The van der Waals surface area contributed by atoms with Crippen molar-refractivity contribution in [1.29, 1.82) is 0 Å². The second-order valence-corrected chi connectivity index (χ2v) is 9.28. The van der Waals surface area contributed by atoms with Gasteiger partial charge >= 0.3 is 6.09 Å². The molecule has 194 valence electrons. The molecule has 4 aromatic rings. The molecule has 0 saturated carbocycles. The highest BCUT2D eigenvalue weighted by Crippen LogP contribution is 2.37. The molecule has 0 atom stereocenters. The predicted molar refractivity (Wildman–Crippen MR) is 144 cm³/mol. The molecular weight excluding hydrogens is 506 g/mol. The molecule has 1 N–H and O–H groups in total. The maximum Gasteiger partial charge on any atom is 0.407 e. The minimum Gasteiger partial charge on any atom is -0.497 e. The highest BCUT2D eigenvalue weighted by atomic mass is 35.5. The van der Waals surface area contributed by atoms with E-state index in [2.05, 4.69) is 4.98 Å². The summed E-state index contributed by atoms with van der Waals surface area (Å²) in [6.07, 6.45) is 2.44. The molecular formula is C28H26ClN5O4. The van der Waals surface area contributed by atoms with Crippen LogP contribution in [0.25, 0.3) is 33.9 Å². The van der Waals surface area contributed by atoms with Crippen molar-refractivity contribution in [3.63, 3.8) is 0 Å². The summed E-state index contributed by atoms with van der Waals surface area (Å²) >= 11 is 6.17. The molecule has 0 aliphatic carbocycles. The van der Waals surface area contributed by atoms with Gasteiger partial charge in [-0.25, -0.2) is 9.78 Å². The number of carboxylic acid groups (broad SMARTS) is 1. The number of carbonyl (C=O) groups excluding carboxylic acids is 1. The third-order valence-corrected chi connectivity index (χ3v) is 6.84. The molecule has 1 fully saturated rings. The summed E-state index contributed by atoms with van der Waals surface area (Å²) in [5.74, 6) is 1.23. The summed E-state index contributed by atoms with van der Waals surface area (Å²) < 4.78 is 7.25. The van der Waals surface area contributed by atoms with E-state index in [-0.39, 0.29) is 25.5 Å². The molecule has 10 heteroatoms.